The molecular formula is C27H46N2O3. The molecule has 0 saturated carbocycles. The van der Waals surface area contributed by atoms with Gasteiger partial charge in [-0.25, -0.2) is 4.98 Å². The molecule has 0 radical (unpaired) electrons. The minimum absolute atomic E-state index is 0.137. The van der Waals surface area contributed by atoms with Gasteiger partial charge in [-0.15, -0.1) is 0 Å². The molecular weight excluding hydrogens is 400 g/mol. The van der Waals surface area contributed by atoms with E-state index in [4.69, 9.17) is 14.7 Å². The highest BCUT2D eigenvalue weighted by Gasteiger charge is 2.06. The molecule has 0 aliphatic rings. The molecule has 1 aromatic heterocycles. The summed E-state index contributed by atoms with van der Waals surface area (Å²) in [7, 11) is 0. The molecule has 5 nitrogen and oxygen atoms in total. The Labute approximate surface area is 196 Å². The Kier molecular flexibility index (Phi) is 18.8. The monoisotopic (exact) mass is 446 g/mol. The first-order valence-electron chi connectivity index (χ1n) is 13.0. The van der Waals surface area contributed by atoms with Crippen molar-refractivity contribution in [2.75, 3.05) is 19.8 Å². The maximum absolute atomic E-state index is 9.92. The van der Waals surface area contributed by atoms with Crippen LogP contribution in [0.4, 0.5) is 0 Å². The lowest BCUT2D eigenvalue weighted by Crippen LogP contribution is -2.24. The fourth-order valence-corrected chi connectivity index (χ4v) is 3.73. The Balaban J connectivity index is 1.78. The lowest BCUT2D eigenvalue weighted by atomic mass is 10.0. The van der Waals surface area contributed by atoms with E-state index in [9.17, 15) is 5.11 Å². The minimum Gasteiger partial charge on any atom is -0.475 e. The fraction of sp³-hybridized carbons (Fsp3) is 0.778. The number of ether oxygens (including phenoxy) is 2. The van der Waals surface area contributed by atoms with Gasteiger partial charge in [0.1, 0.15) is 18.8 Å². The van der Waals surface area contributed by atoms with Gasteiger partial charge in [0.2, 0.25) is 5.88 Å². The van der Waals surface area contributed by atoms with Crippen molar-refractivity contribution < 1.29 is 14.6 Å². The quantitative estimate of drug-likeness (QED) is 0.195. The number of rotatable bonds is 22. The zero-order chi connectivity index (χ0) is 23.1. The third-order valence-corrected chi connectivity index (χ3v) is 5.74. The average molecular weight is 447 g/mol. The number of nitriles is 1. The van der Waals surface area contributed by atoms with Crippen molar-refractivity contribution in [1.82, 2.24) is 4.98 Å². The van der Waals surface area contributed by atoms with E-state index in [1.165, 1.54) is 103 Å². The number of nitrogens with zero attached hydrogens (tertiary/aromatic N) is 2. The molecule has 0 aliphatic heterocycles. The van der Waals surface area contributed by atoms with Crippen molar-refractivity contribution in [3.8, 4) is 11.9 Å². The summed E-state index contributed by atoms with van der Waals surface area (Å²) in [6.07, 6.45) is 22.5. The van der Waals surface area contributed by atoms with E-state index in [2.05, 4.69) is 11.9 Å². The zero-order valence-corrected chi connectivity index (χ0v) is 20.4. The maximum atomic E-state index is 9.92. The molecule has 1 rings (SSSR count). The molecule has 1 unspecified atom stereocenters. The van der Waals surface area contributed by atoms with Crippen LogP contribution in [0.5, 0.6) is 5.88 Å². The number of aromatic nitrogens is 1. The van der Waals surface area contributed by atoms with Gasteiger partial charge in [0, 0.05) is 18.9 Å². The Bertz CT molecular complexity index is 571. The van der Waals surface area contributed by atoms with E-state index in [1.54, 1.807) is 12.1 Å². The number of hydrogen-bond acceptors (Lipinski definition) is 5. The molecule has 32 heavy (non-hydrogen) atoms. The lowest BCUT2D eigenvalue weighted by Gasteiger charge is -2.12. The van der Waals surface area contributed by atoms with Gasteiger partial charge < -0.3 is 14.6 Å². The summed E-state index contributed by atoms with van der Waals surface area (Å²) in [4.78, 5) is 4.01. The van der Waals surface area contributed by atoms with Gasteiger partial charge in [0.15, 0.2) is 0 Å². The van der Waals surface area contributed by atoms with Crippen LogP contribution in [-0.2, 0) is 4.74 Å². The van der Waals surface area contributed by atoms with Crippen LogP contribution >= 0.6 is 0 Å². The predicted molar refractivity (Wildman–Crippen MR) is 131 cm³/mol. The maximum Gasteiger partial charge on any atom is 0.213 e. The predicted octanol–water partition coefficient (Wildman–Crippen LogP) is 6.97. The summed E-state index contributed by atoms with van der Waals surface area (Å²) in [6, 6.07) is 5.28. The molecule has 5 heteroatoms. The molecule has 0 saturated heterocycles. The van der Waals surface area contributed by atoms with Crippen molar-refractivity contribution in [3.63, 3.8) is 0 Å². The van der Waals surface area contributed by atoms with Crippen LogP contribution in [0.1, 0.15) is 115 Å². The lowest BCUT2D eigenvalue weighted by molar-refractivity contribution is 0.0101. The van der Waals surface area contributed by atoms with Gasteiger partial charge >= 0.3 is 0 Å². The topological polar surface area (TPSA) is 75.4 Å². The average Bonchev–Trinajstić information content (AvgIpc) is 2.82. The molecule has 0 amide bonds. The molecule has 0 bridgehead atoms. The van der Waals surface area contributed by atoms with Crippen molar-refractivity contribution in [2.24, 2.45) is 0 Å². The van der Waals surface area contributed by atoms with Gasteiger partial charge in [-0.05, 0) is 12.5 Å². The summed E-state index contributed by atoms with van der Waals surface area (Å²) >= 11 is 0. The number of aliphatic hydroxyl groups excluding tert-OH is 1. The fourth-order valence-electron chi connectivity index (χ4n) is 3.73. The molecule has 1 atom stereocenters. The smallest absolute Gasteiger partial charge is 0.213 e. The molecule has 0 aliphatic carbocycles. The second kappa shape index (κ2) is 21.2. The Hall–Kier alpha value is -1.64. The van der Waals surface area contributed by atoms with Crippen LogP contribution in [0.25, 0.3) is 0 Å². The van der Waals surface area contributed by atoms with E-state index < -0.39 is 6.10 Å². The van der Waals surface area contributed by atoms with Crippen LogP contribution in [0.15, 0.2) is 18.3 Å². The molecule has 0 fully saturated rings. The highest BCUT2D eigenvalue weighted by atomic mass is 16.5. The second-order valence-corrected chi connectivity index (χ2v) is 8.84. The first-order chi connectivity index (χ1) is 15.8. The van der Waals surface area contributed by atoms with Crippen LogP contribution in [-0.4, -0.2) is 36.0 Å². The summed E-state index contributed by atoms with van der Waals surface area (Å²) in [5.74, 6) is 0.404. The Morgan fingerprint density at radius 2 is 1.34 bits per heavy atom. The first-order valence-corrected chi connectivity index (χ1v) is 13.0. The molecule has 182 valence electrons. The Morgan fingerprint density at radius 3 is 1.81 bits per heavy atom. The third-order valence-electron chi connectivity index (χ3n) is 5.74. The molecule has 1 aromatic rings. The molecule has 0 aromatic carbocycles. The summed E-state index contributed by atoms with van der Waals surface area (Å²) in [5.41, 5.74) is 0.486. The normalized spacial score (nSPS) is 11.9. The standard InChI is InChI=1S/C27H46N2O3/c1-2-3-4-5-6-7-8-9-10-11-12-13-14-15-16-17-20-31-23-26(30)24-32-27-19-18-25(21-28)22-29-27/h18-19,22,26,30H,2-17,20,23-24H2,1H3. The highest BCUT2D eigenvalue weighted by Crippen LogP contribution is 2.14. The van der Waals surface area contributed by atoms with Gasteiger partial charge in [-0.1, -0.05) is 103 Å². The van der Waals surface area contributed by atoms with E-state index in [1.807, 2.05) is 6.07 Å². The van der Waals surface area contributed by atoms with E-state index in [-0.39, 0.29) is 13.2 Å². The second-order valence-electron chi connectivity index (χ2n) is 8.84. The van der Waals surface area contributed by atoms with Crippen LogP contribution in [0.2, 0.25) is 0 Å². The largest absolute Gasteiger partial charge is 0.475 e. The van der Waals surface area contributed by atoms with Gasteiger partial charge in [0.05, 0.1) is 12.2 Å². The molecule has 1 heterocycles. The molecule has 1 N–H and O–H groups in total. The van der Waals surface area contributed by atoms with Crippen molar-refractivity contribution >= 4 is 0 Å². The number of aliphatic hydroxyl groups is 1. The number of hydrogen-bond donors (Lipinski definition) is 1. The summed E-state index contributed by atoms with van der Waals surface area (Å²) in [5, 5.41) is 18.7. The zero-order valence-electron chi connectivity index (χ0n) is 20.4. The first kappa shape index (κ1) is 28.4. The Morgan fingerprint density at radius 1 is 0.812 bits per heavy atom. The highest BCUT2D eigenvalue weighted by molar-refractivity contribution is 5.28. The molecule has 0 spiro atoms. The number of unbranched alkanes of at least 4 members (excludes halogenated alkanes) is 15. The van der Waals surface area contributed by atoms with Gasteiger partial charge in [-0.2, -0.15) is 5.26 Å². The van der Waals surface area contributed by atoms with Crippen LogP contribution in [0.3, 0.4) is 0 Å². The van der Waals surface area contributed by atoms with Crippen molar-refractivity contribution in [1.29, 1.82) is 5.26 Å². The third kappa shape index (κ3) is 17.0. The van der Waals surface area contributed by atoms with Gasteiger partial charge in [0.25, 0.3) is 0 Å². The van der Waals surface area contributed by atoms with Crippen molar-refractivity contribution in [3.05, 3.63) is 23.9 Å². The minimum atomic E-state index is -0.673. The van der Waals surface area contributed by atoms with E-state index in [0.717, 1.165) is 6.42 Å². The summed E-state index contributed by atoms with van der Waals surface area (Å²) < 4.78 is 11.0. The number of pyridine rings is 1. The van der Waals surface area contributed by atoms with E-state index >= 15 is 0 Å². The van der Waals surface area contributed by atoms with Gasteiger partial charge in [-0.3, -0.25) is 0 Å². The summed E-state index contributed by atoms with van der Waals surface area (Å²) in [6.45, 7) is 3.37. The van der Waals surface area contributed by atoms with Crippen molar-refractivity contribution in [2.45, 2.75) is 116 Å². The van der Waals surface area contributed by atoms with E-state index in [0.29, 0.717) is 18.1 Å². The SMILES string of the molecule is CCCCCCCCCCCCCCCCCCOCC(O)COc1ccc(C#N)cn1. The van der Waals surface area contributed by atoms with Crippen LogP contribution < -0.4 is 4.74 Å². The van der Waals surface area contributed by atoms with Crippen LogP contribution in [0, 0.1) is 11.3 Å².